The molecule has 1 aromatic carbocycles. The molecule has 0 spiro atoms. The van der Waals surface area contributed by atoms with Gasteiger partial charge in [-0.2, -0.15) is 0 Å². The van der Waals surface area contributed by atoms with Crippen molar-refractivity contribution in [2.45, 2.75) is 20.0 Å². The number of rotatable bonds is 7. The standard InChI is InChI=1S/C12H16BrFO2/c1-2-5-15-6-7-16-9-10-3-4-11(13)8-12(10)14/h3-4,8H,2,5-7,9H2,1H3. The van der Waals surface area contributed by atoms with Gasteiger partial charge in [0, 0.05) is 16.6 Å². The van der Waals surface area contributed by atoms with Crippen LogP contribution in [0.1, 0.15) is 18.9 Å². The molecule has 0 amide bonds. The fourth-order valence-corrected chi connectivity index (χ4v) is 1.52. The lowest BCUT2D eigenvalue weighted by atomic mass is 10.2. The van der Waals surface area contributed by atoms with Crippen molar-refractivity contribution in [2.24, 2.45) is 0 Å². The molecule has 0 aliphatic rings. The minimum Gasteiger partial charge on any atom is -0.379 e. The molecule has 0 fully saturated rings. The van der Waals surface area contributed by atoms with Crippen LogP contribution in [0.4, 0.5) is 4.39 Å². The molecule has 0 heterocycles. The Bertz CT molecular complexity index is 318. The fraction of sp³-hybridized carbons (Fsp3) is 0.500. The quantitative estimate of drug-likeness (QED) is 0.715. The van der Waals surface area contributed by atoms with Crippen LogP contribution in [-0.4, -0.2) is 19.8 Å². The predicted molar refractivity (Wildman–Crippen MR) is 64.9 cm³/mol. The number of benzene rings is 1. The Kier molecular flexibility index (Phi) is 6.61. The minimum atomic E-state index is -0.246. The van der Waals surface area contributed by atoms with Gasteiger partial charge < -0.3 is 9.47 Å². The van der Waals surface area contributed by atoms with E-state index in [0.717, 1.165) is 17.5 Å². The maximum atomic E-state index is 13.3. The van der Waals surface area contributed by atoms with E-state index in [1.807, 2.05) is 0 Å². The van der Waals surface area contributed by atoms with Crippen LogP contribution >= 0.6 is 15.9 Å². The van der Waals surface area contributed by atoms with Gasteiger partial charge in [-0.05, 0) is 18.6 Å². The summed E-state index contributed by atoms with van der Waals surface area (Å²) >= 11 is 3.21. The Morgan fingerprint density at radius 2 is 1.94 bits per heavy atom. The van der Waals surface area contributed by atoms with Crippen LogP contribution in [-0.2, 0) is 16.1 Å². The van der Waals surface area contributed by atoms with Gasteiger partial charge in [0.25, 0.3) is 0 Å². The normalized spacial score (nSPS) is 10.7. The zero-order valence-corrected chi connectivity index (χ0v) is 10.9. The predicted octanol–water partition coefficient (Wildman–Crippen LogP) is 3.53. The molecule has 90 valence electrons. The van der Waals surface area contributed by atoms with E-state index in [0.29, 0.717) is 18.8 Å². The number of hydrogen-bond acceptors (Lipinski definition) is 2. The second-order valence-electron chi connectivity index (χ2n) is 3.40. The van der Waals surface area contributed by atoms with E-state index in [-0.39, 0.29) is 12.4 Å². The van der Waals surface area contributed by atoms with Gasteiger partial charge >= 0.3 is 0 Å². The van der Waals surface area contributed by atoms with Gasteiger partial charge in [-0.1, -0.05) is 28.9 Å². The lowest BCUT2D eigenvalue weighted by Crippen LogP contribution is -2.05. The van der Waals surface area contributed by atoms with E-state index < -0.39 is 0 Å². The van der Waals surface area contributed by atoms with E-state index in [9.17, 15) is 4.39 Å². The second-order valence-corrected chi connectivity index (χ2v) is 4.32. The van der Waals surface area contributed by atoms with Gasteiger partial charge in [-0.3, -0.25) is 0 Å². The van der Waals surface area contributed by atoms with Gasteiger partial charge in [0.1, 0.15) is 5.82 Å². The summed E-state index contributed by atoms with van der Waals surface area (Å²) in [5, 5.41) is 0. The Balaban J connectivity index is 2.21. The van der Waals surface area contributed by atoms with Gasteiger partial charge in [-0.25, -0.2) is 4.39 Å². The van der Waals surface area contributed by atoms with E-state index in [1.165, 1.54) is 6.07 Å². The van der Waals surface area contributed by atoms with E-state index in [2.05, 4.69) is 22.9 Å². The highest BCUT2D eigenvalue weighted by Crippen LogP contribution is 2.15. The van der Waals surface area contributed by atoms with Crippen LogP contribution in [0, 0.1) is 5.82 Å². The largest absolute Gasteiger partial charge is 0.379 e. The monoisotopic (exact) mass is 290 g/mol. The molecule has 0 saturated heterocycles. The molecule has 0 N–H and O–H groups in total. The molecule has 0 aromatic heterocycles. The second kappa shape index (κ2) is 7.76. The molecule has 16 heavy (non-hydrogen) atoms. The van der Waals surface area contributed by atoms with E-state index in [1.54, 1.807) is 12.1 Å². The van der Waals surface area contributed by atoms with Crippen molar-refractivity contribution in [3.05, 3.63) is 34.1 Å². The van der Waals surface area contributed by atoms with Crippen LogP contribution in [0.5, 0.6) is 0 Å². The van der Waals surface area contributed by atoms with Crippen LogP contribution in [0.25, 0.3) is 0 Å². The van der Waals surface area contributed by atoms with Gasteiger partial charge in [-0.15, -0.1) is 0 Å². The SMILES string of the molecule is CCCOCCOCc1ccc(Br)cc1F. The molecule has 1 aromatic rings. The van der Waals surface area contributed by atoms with Crippen molar-refractivity contribution in [2.75, 3.05) is 19.8 Å². The zero-order chi connectivity index (χ0) is 11.8. The highest BCUT2D eigenvalue weighted by molar-refractivity contribution is 9.10. The molecule has 1 rings (SSSR count). The molecule has 0 aliphatic heterocycles. The molecule has 2 nitrogen and oxygen atoms in total. The molecule has 0 atom stereocenters. The Labute approximate surface area is 104 Å². The molecule has 0 bridgehead atoms. The maximum absolute atomic E-state index is 13.3. The van der Waals surface area contributed by atoms with Crippen molar-refractivity contribution >= 4 is 15.9 Å². The first-order valence-electron chi connectivity index (χ1n) is 5.33. The molecular weight excluding hydrogens is 275 g/mol. The number of ether oxygens (including phenoxy) is 2. The topological polar surface area (TPSA) is 18.5 Å². The molecule has 0 radical (unpaired) electrons. The summed E-state index contributed by atoms with van der Waals surface area (Å²) in [6.07, 6.45) is 1.00. The smallest absolute Gasteiger partial charge is 0.129 e. The summed E-state index contributed by atoms with van der Waals surface area (Å²) in [4.78, 5) is 0. The summed E-state index contributed by atoms with van der Waals surface area (Å²) in [5.41, 5.74) is 0.568. The first-order valence-corrected chi connectivity index (χ1v) is 6.12. The van der Waals surface area contributed by atoms with Crippen LogP contribution < -0.4 is 0 Å². The summed E-state index contributed by atoms with van der Waals surface area (Å²) in [6, 6.07) is 4.95. The number of halogens is 2. The third-order valence-electron chi connectivity index (χ3n) is 1.99. The average Bonchev–Trinajstić information content (AvgIpc) is 2.26. The third-order valence-corrected chi connectivity index (χ3v) is 2.49. The fourth-order valence-electron chi connectivity index (χ4n) is 1.19. The maximum Gasteiger partial charge on any atom is 0.129 e. The Morgan fingerprint density at radius 3 is 2.62 bits per heavy atom. The third kappa shape index (κ3) is 5.05. The Morgan fingerprint density at radius 1 is 1.19 bits per heavy atom. The summed E-state index contributed by atoms with van der Waals surface area (Å²) in [6.45, 7) is 4.14. The van der Waals surface area contributed by atoms with Crippen LogP contribution in [0.3, 0.4) is 0 Å². The first-order chi connectivity index (χ1) is 7.74. The summed E-state index contributed by atoms with van der Waals surface area (Å²) in [7, 11) is 0. The van der Waals surface area contributed by atoms with Crippen molar-refractivity contribution in [1.29, 1.82) is 0 Å². The van der Waals surface area contributed by atoms with Crippen LogP contribution in [0.15, 0.2) is 22.7 Å². The summed E-state index contributed by atoms with van der Waals surface area (Å²) < 4.78 is 24.6. The highest BCUT2D eigenvalue weighted by Gasteiger charge is 2.02. The van der Waals surface area contributed by atoms with Crippen molar-refractivity contribution < 1.29 is 13.9 Å². The van der Waals surface area contributed by atoms with Crippen LogP contribution in [0.2, 0.25) is 0 Å². The molecule has 0 aliphatic carbocycles. The van der Waals surface area contributed by atoms with Gasteiger partial charge in [0.2, 0.25) is 0 Å². The molecular formula is C12H16BrFO2. The first kappa shape index (κ1) is 13.6. The molecule has 4 heteroatoms. The highest BCUT2D eigenvalue weighted by atomic mass is 79.9. The van der Waals surface area contributed by atoms with Crippen molar-refractivity contribution in [3.63, 3.8) is 0 Å². The molecule has 0 saturated carbocycles. The summed E-state index contributed by atoms with van der Waals surface area (Å²) in [5.74, 6) is -0.246. The lowest BCUT2D eigenvalue weighted by Gasteiger charge is -2.06. The van der Waals surface area contributed by atoms with E-state index >= 15 is 0 Å². The minimum absolute atomic E-state index is 0.246. The molecule has 0 unspecified atom stereocenters. The number of hydrogen-bond donors (Lipinski definition) is 0. The van der Waals surface area contributed by atoms with Gasteiger partial charge in [0.15, 0.2) is 0 Å². The van der Waals surface area contributed by atoms with Crippen molar-refractivity contribution in [3.8, 4) is 0 Å². The zero-order valence-electron chi connectivity index (χ0n) is 9.34. The Hall–Kier alpha value is -0.450. The van der Waals surface area contributed by atoms with Gasteiger partial charge in [0.05, 0.1) is 19.8 Å². The van der Waals surface area contributed by atoms with E-state index in [4.69, 9.17) is 9.47 Å². The lowest BCUT2D eigenvalue weighted by molar-refractivity contribution is 0.0399. The average molecular weight is 291 g/mol. The van der Waals surface area contributed by atoms with Crippen molar-refractivity contribution in [1.82, 2.24) is 0 Å².